The Bertz CT molecular complexity index is 1000. The van der Waals surface area contributed by atoms with Gasteiger partial charge in [0.1, 0.15) is 13.2 Å². The number of amides is 3. The van der Waals surface area contributed by atoms with E-state index in [-0.39, 0.29) is 57.0 Å². The predicted octanol–water partition coefficient (Wildman–Crippen LogP) is 2.24. The number of nitrogens with zero attached hydrogens (tertiary/aromatic N) is 2. The molecule has 38 heavy (non-hydrogen) atoms. The van der Waals surface area contributed by atoms with Crippen molar-refractivity contribution in [3.8, 4) is 11.5 Å². The molecule has 0 spiro atoms. The van der Waals surface area contributed by atoms with Gasteiger partial charge in [0.05, 0.1) is 0 Å². The number of ether oxygens (including phenoxy) is 2. The summed E-state index contributed by atoms with van der Waals surface area (Å²) in [6, 6.07) is 4.47. The maximum atomic E-state index is 12.4. The van der Waals surface area contributed by atoms with Crippen molar-refractivity contribution in [3.05, 3.63) is 23.8 Å². The number of hydrogen-bond donors (Lipinski definition) is 2. The number of piperidine rings is 2. The van der Waals surface area contributed by atoms with E-state index in [2.05, 4.69) is 5.32 Å². The lowest BCUT2D eigenvalue weighted by Gasteiger charge is -2.32. The monoisotopic (exact) mass is 554 g/mol. The number of nitrogens with two attached hydrogens (primary N) is 1. The van der Waals surface area contributed by atoms with Gasteiger partial charge in [0.2, 0.25) is 0 Å². The molecule has 212 valence electrons. The highest BCUT2D eigenvalue weighted by Crippen LogP contribution is 2.31. The van der Waals surface area contributed by atoms with Gasteiger partial charge in [0.15, 0.2) is 11.5 Å². The summed E-state index contributed by atoms with van der Waals surface area (Å²) in [6.45, 7) is 1.01. The molecule has 9 nitrogen and oxygen atoms in total. The van der Waals surface area contributed by atoms with Gasteiger partial charge in [-0.3, -0.25) is 14.4 Å². The van der Waals surface area contributed by atoms with Crippen LogP contribution in [0.1, 0.15) is 36.0 Å². The minimum absolute atomic E-state index is 0.0373. The molecule has 4 rings (SSSR count). The Hall–Kier alpha value is -3.23. The third-order valence-corrected chi connectivity index (χ3v) is 6.23. The molecular weight excluding hydrogens is 526 g/mol. The van der Waals surface area contributed by atoms with E-state index in [0.717, 1.165) is 9.80 Å². The fraction of sp³-hybridized carbons (Fsp3) is 0.609. The number of fused-ring (bicyclic) bond motifs is 1. The van der Waals surface area contributed by atoms with E-state index in [1.165, 1.54) is 0 Å². The summed E-state index contributed by atoms with van der Waals surface area (Å²) in [4.78, 5) is 35.8. The van der Waals surface area contributed by atoms with Gasteiger partial charge < -0.3 is 30.3 Å². The van der Waals surface area contributed by atoms with Crippen molar-refractivity contribution in [2.75, 3.05) is 39.4 Å². The first kappa shape index (κ1) is 29.3. The molecule has 0 aliphatic carbocycles. The van der Waals surface area contributed by atoms with Crippen LogP contribution in [-0.4, -0.2) is 91.4 Å². The molecule has 0 atom stereocenters. The highest BCUT2D eigenvalue weighted by Gasteiger charge is 2.44. The van der Waals surface area contributed by atoms with Crippen LogP contribution in [0.15, 0.2) is 18.2 Å². The van der Waals surface area contributed by atoms with Crippen LogP contribution >= 0.6 is 0 Å². The largest absolute Gasteiger partial charge is 0.486 e. The van der Waals surface area contributed by atoms with Gasteiger partial charge in [-0.2, -0.15) is 26.3 Å². The summed E-state index contributed by atoms with van der Waals surface area (Å²) in [5.41, 5.74) is 5.87. The minimum atomic E-state index is -4.86. The Morgan fingerprint density at radius 2 is 1.26 bits per heavy atom. The fourth-order valence-corrected chi connectivity index (χ4v) is 4.14. The zero-order valence-electron chi connectivity index (χ0n) is 20.2. The summed E-state index contributed by atoms with van der Waals surface area (Å²) < 4.78 is 83.8. The summed E-state index contributed by atoms with van der Waals surface area (Å²) in [5.74, 6) is -2.85. The zero-order valence-corrected chi connectivity index (χ0v) is 20.2. The van der Waals surface area contributed by atoms with Crippen molar-refractivity contribution in [1.82, 2.24) is 15.1 Å². The van der Waals surface area contributed by atoms with Gasteiger partial charge >= 0.3 is 24.2 Å². The van der Waals surface area contributed by atoms with E-state index in [4.69, 9.17) is 15.2 Å². The summed E-state index contributed by atoms with van der Waals surface area (Å²) >= 11 is 0. The van der Waals surface area contributed by atoms with Crippen molar-refractivity contribution in [3.63, 3.8) is 0 Å². The number of alkyl halides is 6. The van der Waals surface area contributed by atoms with Crippen molar-refractivity contribution < 1.29 is 50.2 Å². The lowest BCUT2D eigenvalue weighted by molar-refractivity contribution is -0.186. The van der Waals surface area contributed by atoms with Crippen molar-refractivity contribution in [2.45, 2.75) is 50.1 Å². The van der Waals surface area contributed by atoms with E-state index in [1.807, 2.05) is 0 Å². The molecule has 0 bridgehead atoms. The van der Waals surface area contributed by atoms with Crippen molar-refractivity contribution >= 4 is 17.7 Å². The zero-order chi connectivity index (χ0) is 28.1. The number of carbonyl (C=O) groups excluding carboxylic acids is 3. The van der Waals surface area contributed by atoms with Gasteiger partial charge in [-0.05, 0) is 43.9 Å². The Kier molecular flexibility index (Phi) is 9.33. The maximum Gasteiger partial charge on any atom is 0.471 e. The fourth-order valence-electron chi connectivity index (χ4n) is 4.14. The lowest BCUT2D eigenvalue weighted by atomic mass is 10.0. The first-order valence-corrected chi connectivity index (χ1v) is 11.9. The first-order chi connectivity index (χ1) is 17.8. The number of nitrogens with one attached hydrogen (secondary N) is 1. The molecule has 3 aliphatic heterocycles. The molecule has 0 aromatic heterocycles. The van der Waals surface area contributed by atoms with Crippen molar-refractivity contribution in [1.29, 1.82) is 0 Å². The van der Waals surface area contributed by atoms with Gasteiger partial charge in [-0.1, -0.05) is 0 Å². The highest BCUT2D eigenvalue weighted by atomic mass is 19.4. The van der Waals surface area contributed by atoms with Crippen LogP contribution in [0.5, 0.6) is 11.5 Å². The molecule has 1 aromatic rings. The smallest absolute Gasteiger partial charge is 0.471 e. The van der Waals surface area contributed by atoms with Crippen LogP contribution in [0.4, 0.5) is 26.3 Å². The quantitative estimate of drug-likeness (QED) is 0.543. The number of halogens is 6. The first-order valence-electron chi connectivity index (χ1n) is 11.9. The van der Waals surface area contributed by atoms with Crippen LogP contribution in [0.2, 0.25) is 0 Å². The number of rotatable bonds is 2. The summed E-state index contributed by atoms with van der Waals surface area (Å²) in [7, 11) is 0. The molecule has 0 radical (unpaired) electrons. The van der Waals surface area contributed by atoms with Crippen molar-refractivity contribution in [2.24, 2.45) is 5.73 Å². The van der Waals surface area contributed by atoms with E-state index in [1.54, 1.807) is 18.2 Å². The Morgan fingerprint density at radius 1 is 0.789 bits per heavy atom. The summed E-state index contributed by atoms with van der Waals surface area (Å²) in [5, 5.41) is 2.79. The molecule has 2 fully saturated rings. The van der Waals surface area contributed by atoms with E-state index in [9.17, 15) is 40.7 Å². The average Bonchev–Trinajstić information content (AvgIpc) is 2.88. The number of likely N-dealkylation sites (tertiary alicyclic amines) is 2. The summed E-state index contributed by atoms with van der Waals surface area (Å²) in [6.07, 6.45) is -8.16. The van der Waals surface area contributed by atoms with Crippen LogP contribution in [-0.2, 0) is 9.59 Å². The highest BCUT2D eigenvalue weighted by molar-refractivity contribution is 5.95. The van der Waals surface area contributed by atoms with Gasteiger partial charge in [-0.25, -0.2) is 0 Å². The van der Waals surface area contributed by atoms with E-state index < -0.39 is 24.2 Å². The van der Waals surface area contributed by atoms with E-state index in [0.29, 0.717) is 43.1 Å². The third-order valence-electron chi connectivity index (χ3n) is 6.23. The molecule has 1 aromatic carbocycles. The molecule has 3 N–H and O–H groups in total. The standard InChI is InChI=1S/C16H17F3N2O4.C7H11F3N2O/c17-16(18,19)15(23)21-5-3-11(4-6-21)20-14(22)10-1-2-12-13(9-10)25-8-7-24-12;8-7(9,10)6(13)12-3-1-5(11)2-4-12/h1-2,9,11H,3-8H2,(H,20,22);5H,1-4,11H2. The predicted molar refractivity (Wildman–Crippen MR) is 120 cm³/mol. The van der Waals surface area contributed by atoms with E-state index >= 15 is 0 Å². The third kappa shape index (κ3) is 7.88. The minimum Gasteiger partial charge on any atom is -0.486 e. The second-order valence-electron chi connectivity index (χ2n) is 9.02. The second kappa shape index (κ2) is 12.1. The molecular formula is C23H28F6N4O5. The molecule has 0 saturated carbocycles. The number of carbonyl (C=O) groups is 3. The van der Waals surface area contributed by atoms with Crippen LogP contribution in [0, 0.1) is 0 Å². The van der Waals surface area contributed by atoms with Gasteiger partial charge in [0.25, 0.3) is 5.91 Å². The molecule has 0 unspecified atom stereocenters. The average molecular weight is 554 g/mol. The van der Waals surface area contributed by atoms with Crippen LogP contribution in [0.25, 0.3) is 0 Å². The molecule has 15 heteroatoms. The molecule has 2 saturated heterocycles. The van der Waals surface area contributed by atoms with Gasteiger partial charge in [0, 0.05) is 43.8 Å². The maximum absolute atomic E-state index is 12.4. The van der Waals surface area contributed by atoms with Crippen LogP contribution in [0.3, 0.4) is 0 Å². The van der Waals surface area contributed by atoms with Crippen LogP contribution < -0.4 is 20.5 Å². The van der Waals surface area contributed by atoms with Gasteiger partial charge in [-0.15, -0.1) is 0 Å². The molecule has 3 aliphatic rings. The Labute approximate surface area is 214 Å². The molecule has 3 heterocycles. The number of hydrogen-bond acceptors (Lipinski definition) is 6. The topological polar surface area (TPSA) is 114 Å². The lowest BCUT2D eigenvalue weighted by Crippen LogP contribution is -2.50. The Balaban J connectivity index is 0.000000260. The SMILES string of the molecule is NC1CCN(C(=O)C(F)(F)F)CC1.O=C(NC1CCN(C(=O)C(F)(F)F)CC1)c1ccc2c(c1)OCCO2. The second-order valence-corrected chi connectivity index (χ2v) is 9.02. The Morgan fingerprint density at radius 3 is 1.76 bits per heavy atom. The number of benzene rings is 1. The molecule has 3 amide bonds. The normalized spacial score (nSPS) is 18.8.